The number of nitrogens with one attached hydrogen (secondary N) is 2. The van der Waals surface area contributed by atoms with Crippen molar-refractivity contribution in [3.63, 3.8) is 0 Å². The molecule has 1 amide bonds. The smallest absolute Gasteiger partial charge is 0.251 e. The Morgan fingerprint density at radius 1 is 1.05 bits per heavy atom. The Bertz CT molecular complexity index is 345. The first kappa shape index (κ1) is 15.7. The van der Waals surface area contributed by atoms with E-state index in [9.17, 15) is 4.79 Å². The number of rotatable bonds is 9. The number of carbonyl (C=O) groups excluding carboxylic acids is 1. The summed E-state index contributed by atoms with van der Waals surface area (Å²) in [7, 11) is 0. The van der Waals surface area contributed by atoms with Crippen LogP contribution in [0.15, 0.2) is 30.3 Å². The van der Waals surface area contributed by atoms with E-state index in [1.807, 2.05) is 30.3 Å². The summed E-state index contributed by atoms with van der Waals surface area (Å²) in [6.45, 7) is 5.93. The first-order valence-electron chi connectivity index (χ1n) is 7.34. The van der Waals surface area contributed by atoms with E-state index >= 15 is 0 Å². The van der Waals surface area contributed by atoms with Crippen LogP contribution >= 0.6 is 0 Å². The molecule has 0 unspecified atom stereocenters. The molecule has 2 N–H and O–H groups in total. The van der Waals surface area contributed by atoms with Crippen LogP contribution in [0.4, 0.5) is 0 Å². The van der Waals surface area contributed by atoms with Crippen LogP contribution in [0.1, 0.15) is 49.9 Å². The number of hydrogen-bond donors (Lipinski definition) is 2. The van der Waals surface area contributed by atoms with Gasteiger partial charge in [-0.1, -0.05) is 44.9 Å². The maximum Gasteiger partial charge on any atom is 0.251 e. The van der Waals surface area contributed by atoms with E-state index in [2.05, 4.69) is 24.5 Å². The highest BCUT2D eigenvalue weighted by molar-refractivity contribution is 5.94. The quantitative estimate of drug-likeness (QED) is 0.672. The molecule has 1 aromatic carbocycles. The summed E-state index contributed by atoms with van der Waals surface area (Å²) < 4.78 is 0. The molecule has 0 saturated carbocycles. The third-order valence-electron chi connectivity index (χ3n) is 3.15. The second kappa shape index (κ2) is 9.56. The van der Waals surface area contributed by atoms with Gasteiger partial charge in [-0.05, 0) is 25.0 Å². The topological polar surface area (TPSA) is 41.1 Å². The average molecular weight is 262 g/mol. The summed E-state index contributed by atoms with van der Waals surface area (Å²) in [6, 6.07) is 9.93. The van der Waals surface area contributed by atoms with Crippen molar-refractivity contribution in [1.29, 1.82) is 0 Å². The highest BCUT2D eigenvalue weighted by Crippen LogP contribution is 2.03. The standard InChI is InChI=1S/C16H26N2O/c1-3-8-15(9-4-2)17-12-13-18-16(19)14-10-6-5-7-11-14/h5-7,10-11,15,17H,3-4,8-9,12-13H2,1-2H3,(H,18,19). The van der Waals surface area contributed by atoms with Gasteiger partial charge >= 0.3 is 0 Å². The van der Waals surface area contributed by atoms with Gasteiger partial charge in [-0.2, -0.15) is 0 Å². The highest BCUT2D eigenvalue weighted by atomic mass is 16.1. The van der Waals surface area contributed by atoms with Crippen LogP contribution in [0, 0.1) is 0 Å². The molecule has 0 spiro atoms. The molecule has 1 aromatic rings. The normalized spacial score (nSPS) is 10.7. The Labute approximate surface area is 116 Å². The first-order valence-corrected chi connectivity index (χ1v) is 7.34. The second-order valence-corrected chi connectivity index (χ2v) is 4.85. The Morgan fingerprint density at radius 2 is 1.68 bits per heavy atom. The lowest BCUT2D eigenvalue weighted by Gasteiger charge is -2.17. The predicted octanol–water partition coefficient (Wildman–Crippen LogP) is 2.97. The Kier molecular flexibility index (Phi) is 7.91. The van der Waals surface area contributed by atoms with E-state index in [0.29, 0.717) is 12.6 Å². The Hall–Kier alpha value is -1.35. The van der Waals surface area contributed by atoms with Gasteiger partial charge in [-0.15, -0.1) is 0 Å². The van der Waals surface area contributed by atoms with Gasteiger partial charge in [0.1, 0.15) is 0 Å². The van der Waals surface area contributed by atoms with Gasteiger partial charge in [0.05, 0.1) is 0 Å². The fourth-order valence-electron chi connectivity index (χ4n) is 2.19. The van der Waals surface area contributed by atoms with Crippen molar-refractivity contribution in [3.8, 4) is 0 Å². The molecule has 1 rings (SSSR count). The molecule has 0 fully saturated rings. The van der Waals surface area contributed by atoms with Crippen molar-refractivity contribution in [2.75, 3.05) is 13.1 Å². The summed E-state index contributed by atoms with van der Waals surface area (Å²) in [6.07, 6.45) is 4.82. The maximum atomic E-state index is 11.8. The van der Waals surface area contributed by atoms with Crippen LogP contribution in [-0.4, -0.2) is 25.0 Å². The van der Waals surface area contributed by atoms with Crippen LogP contribution in [0.2, 0.25) is 0 Å². The van der Waals surface area contributed by atoms with Crippen LogP contribution in [0.25, 0.3) is 0 Å². The van der Waals surface area contributed by atoms with Crippen LogP contribution in [-0.2, 0) is 0 Å². The monoisotopic (exact) mass is 262 g/mol. The van der Waals surface area contributed by atoms with E-state index in [4.69, 9.17) is 0 Å². The zero-order chi connectivity index (χ0) is 13.9. The number of hydrogen-bond acceptors (Lipinski definition) is 2. The molecule has 19 heavy (non-hydrogen) atoms. The average Bonchev–Trinajstić information content (AvgIpc) is 2.44. The van der Waals surface area contributed by atoms with Crippen molar-refractivity contribution in [3.05, 3.63) is 35.9 Å². The van der Waals surface area contributed by atoms with Crippen molar-refractivity contribution >= 4 is 5.91 Å². The number of carbonyl (C=O) groups is 1. The molecule has 0 bridgehead atoms. The summed E-state index contributed by atoms with van der Waals surface area (Å²) in [4.78, 5) is 11.8. The summed E-state index contributed by atoms with van der Waals surface area (Å²) >= 11 is 0. The first-order chi connectivity index (χ1) is 9.27. The molecule has 0 aliphatic rings. The fraction of sp³-hybridized carbons (Fsp3) is 0.562. The van der Waals surface area contributed by atoms with Gasteiger partial charge in [0, 0.05) is 24.7 Å². The molecular formula is C16H26N2O. The van der Waals surface area contributed by atoms with Crippen LogP contribution < -0.4 is 10.6 Å². The minimum absolute atomic E-state index is 0.00457. The Morgan fingerprint density at radius 3 is 2.26 bits per heavy atom. The van der Waals surface area contributed by atoms with Crippen molar-refractivity contribution < 1.29 is 4.79 Å². The molecule has 3 heteroatoms. The predicted molar refractivity (Wildman–Crippen MR) is 80.4 cm³/mol. The van der Waals surface area contributed by atoms with Gasteiger partial charge in [0.2, 0.25) is 0 Å². The molecule has 106 valence electrons. The second-order valence-electron chi connectivity index (χ2n) is 4.85. The molecule has 0 atom stereocenters. The van der Waals surface area contributed by atoms with Crippen LogP contribution in [0.5, 0.6) is 0 Å². The summed E-state index contributed by atoms with van der Waals surface area (Å²) in [5.41, 5.74) is 0.723. The molecule has 0 saturated heterocycles. The lowest BCUT2D eigenvalue weighted by Crippen LogP contribution is -2.37. The van der Waals surface area contributed by atoms with Crippen molar-refractivity contribution in [1.82, 2.24) is 10.6 Å². The van der Waals surface area contributed by atoms with E-state index in [1.165, 1.54) is 25.7 Å². The zero-order valence-corrected chi connectivity index (χ0v) is 12.1. The SMILES string of the molecule is CCCC(CCC)NCCNC(=O)c1ccccc1. The third kappa shape index (κ3) is 6.39. The molecule has 0 aliphatic heterocycles. The van der Waals surface area contributed by atoms with E-state index in [0.717, 1.165) is 12.1 Å². The van der Waals surface area contributed by atoms with E-state index in [1.54, 1.807) is 0 Å². The van der Waals surface area contributed by atoms with Crippen molar-refractivity contribution in [2.24, 2.45) is 0 Å². The maximum absolute atomic E-state index is 11.8. The molecule has 0 aliphatic carbocycles. The minimum Gasteiger partial charge on any atom is -0.351 e. The molecule has 0 heterocycles. The highest BCUT2D eigenvalue weighted by Gasteiger charge is 2.06. The van der Waals surface area contributed by atoms with Gasteiger partial charge in [-0.25, -0.2) is 0 Å². The van der Waals surface area contributed by atoms with E-state index in [-0.39, 0.29) is 5.91 Å². The Balaban J connectivity index is 2.21. The van der Waals surface area contributed by atoms with Crippen molar-refractivity contribution in [2.45, 2.75) is 45.6 Å². The summed E-state index contributed by atoms with van der Waals surface area (Å²) in [5.74, 6) is 0.00457. The van der Waals surface area contributed by atoms with Crippen LogP contribution in [0.3, 0.4) is 0 Å². The molecule has 0 aromatic heterocycles. The van der Waals surface area contributed by atoms with Gasteiger partial charge in [0.25, 0.3) is 5.91 Å². The summed E-state index contributed by atoms with van der Waals surface area (Å²) in [5, 5.41) is 6.45. The molecule has 3 nitrogen and oxygen atoms in total. The lowest BCUT2D eigenvalue weighted by atomic mass is 10.1. The third-order valence-corrected chi connectivity index (χ3v) is 3.15. The van der Waals surface area contributed by atoms with Gasteiger partial charge in [-0.3, -0.25) is 4.79 Å². The lowest BCUT2D eigenvalue weighted by molar-refractivity contribution is 0.0953. The largest absolute Gasteiger partial charge is 0.351 e. The zero-order valence-electron chi connectivity index (χ0n) is 12.1. The van der Waals surface area contributed by atoms with Gasteiger partial charge < -0.3 is 10.6 Å². The number of benzene rings is 1. The van der Waals surface area contributed by atoms with E-state index < -0.39 is 0 Å². The fourth-order valence-corrected chi connectivity index (χ4v) is 2.19. The minimum atomic E-state index is 0.00457. The molecule has 0 radical (unpaired) electrons. The molecular weight excluding hydrogens is 236 g/mol. The number of amides is 1. The van der Waals surface area contributed by atoms with Gasteiger partial charge in [0.15, 0.2) is 0 Å².